The molecule has 0 amide bonds. The summed E-state index contributed by atoms with van der Waals surface area (Å²) >= 11 is 8.93. The van der Waals surface area contributed by atoms with Gasteiger partial charge in [0.05, 0.1) is 22.8 Å². The first-order valence-electron chi connectivity index (χ1n) is 5.96. The van der Waals surface area contributed by atoms with Gasteiger partial charge in [-0.1, -0.05) is 23.7 Å². The zero-order chi connectivity index (χ0) is 14.7. The molecule has 0 aromatic heterocycles. The van der Waals surface area contributed by atoms with Crippen molar-refractivity contribution in [2.24, 2.45) is 0 Å². The van der Waals surface area contributed by atoms with E-state index >= 15 is 0 Å². The number of carbonyl (C=O) groups excluding carboxylic acids is 1. The van der Waals surface area contributed by atoms with Crippen LogP contribution in [0.15, 0.2) is 40.9 Å². The Bertz CT molecular complexity index is 658. The average Bonchev–Trinajstić information content (AvgIpc) is 2.45. The number of hydrogen-bond donors (Lipinski definition) is 0. The molecule has 2 aromatic carbocycles. The molecule has 2 rings (SSSR count). The monoisotopic (exact) mass is 356 g/mol. The van der Waals surface area contributed by atoms with Crippen molar-refractivity contribution in [2.75, 3.05) is 6.61 Å². The van der Waals surface area contributed by atoms with Gasteiger partial charge in [0.2, 0.25) is 0 Å². The lowest BCUT2D eigenvalue weighted by Crippen LogP contribution is -2.07. The van der Waals surface area contributed by atoms with E-state index in [-0.39, 0.29) is 10.6 Å². The smallest absolute Gasteiger partial charge is 0.199 e. The van der Waals surface area contributed by atoms with Crippen molar-refractivity contribution in [3.8, 4) is 5.75 Å². The zero-order valence-electron chi connectivity index (χ0n) is 10.6. The Labute approximate surface area is 129 Å². The Kier molecular flexibility index (Phi) is 4.78. The second-order valence-corrected chi connectivity index (χ2v) is 5.21. The lowest BCUT2D eigenvalue weighted by Gasteiger charge is -2.10. The third-order valence-electron chi connectivity index (χ3n) is 2.71. The van der Waals surface area contributed by atoms with Crippen LogP contribution in [0.25, 0.3) is 0 Å². The first-order chi connectivity index (χ1) is 9.56. The van der Waals surface area contributed by atoms with Gasteiger partial charge >= 0.3 is 0 Å². The Morgan fingerprint density at radius 3 is 2.65 bits per heavy atom. The summed E-state index contributed by atoms with van der Waals surface area (Å²) < 4.78 is 19.9. The predicted molar refractivity (Wildman–Crippen MR) is 80.2 cm³/mol. The molecule has 0 aliphatic heterocycles. The van der Waals surface area contributed by atoms with Crippen LogP contribution in [0.4, 0.5) is 4.39 Å². The van der Waals surface area contributed by atoms with Gasteiger partial charge < -0.3 is 4.74 Å². The third-order valence-corrected chi connectivity index (χ3v) is 3.97. The number of hydrogen-bond acceptors (Lipinski definition) is 2. The van der Waals surface area contributed by atoms with Crippen molar-refractivity contribution in [1.29, 1.82) is 0 Å². The highest BCUT2D eigenvalue weighted by atomic mass is 79.9. The van der Waals surface area contributed by atoms with Crippen LogP contribution in [0.3, 0.4) is 0 Å². The molecule has 104 valence electrons. The van der Waals surface area contributed by atoms with Crippen molar-refractivity contribution in [2.45, 2.75) is 6.92 Å². The predicted octanol–water partition coefficient (Wildman–Crippen LogP) is 4.87. The Morgan fingerprint density at radius 1 is 1.25 bits per heavy atom. The molecule has 0 heterocycles. The summed E-state index contributed by atoms with van der Waals surface area (Å²) in [4.78, 5) is 12.4. The van der Waals surface area contributed by atoms with E-state index in [9.17, 15) is 9.18 Å². The highest BCUT2D eigenvalue weighted by molar-refractivity contribution is 9.10. The van der Waals surface area contributed by atoms with Crippen molar-refractivity contribution in [3.63, 3.8) is 0 Å². The molecule has 0 atom stereocenters. The lowest BCUT2D eigenvalue weighted by atomic mass is 10.0. The van der Waals surface area contributed by atoms with Crippen LogP contribution in [0.2, 0.25) is 5.02 Å². The summed E-state index contributed by atoms with van der Waals surface area (Å²) in [7, 11) is 0. The van der Waals surface area contributed by atoms with Gasteiger partial charge in [0.15, 0.2) is 11.6 Å². The van der Waals surface area contributed by atoms with E-state index in [2.05, 4.69) is 15.9 Å². The van der Waals surface area contributed by atoms with Gasteiger partial charge in [-0.05, 0) is 47.1 Å². The Morgan fingerprint density at radius 2 is 1.95 bits per heavy atom. The van der Waals surface area contributed by atoms with Crippen LogP contribution in [0.5, 0.6) is 5.75 Å². The summed E-state index contributed by atoms with van der Waals surface area (Å²) in [6.45, 7) is 2.24. The normalized spacial score (nSPS) is 10.4. The minimum absolute atomic E-state index is 0.0784. The molecule has 0 spiro atoms. The number of ether oxygens (including phenoxy) is 1. The molecule has 0 radical (unpaired) electrons. The fraction of sp³-hybridized carbons (Fsp3) is 0.133. The highest BCUT2D eigenvalue weighted by Gasteiger charge is 2.20. The van der Waals surface area contributed by atoms with E-state index in [4.69, 9.17) is 16.3 Å². The number of benzene rings is 2. The van der Waals surface area contributed by atoms with Crippen LogP contribution in [-0.4, -0.2) is 12.4 Å². The first-order valence-corrected chi connectivity index (χ1v) is 7.13. The van der Waals surface area contributed by atoms with Crippen molar-refractivity contribution in [1.82, 2.24) is 0 Å². The highest BCUT2D eigenvalue weighted by Crippen LogP contribution is 2.30. The van der Waals surface area contributed by atoms with Gasteiger partial charge in [0.25, 0.3) is 0 Å². The lowest BCUT2D eigenvalue weighted by molar-refractivity contribution is 0.103. The third kappa shape index (κ3) is 2.86. The fourth-order valence-electron chi connectivity index (χ4n) is 1.78. The molecule has 0 unspecified atom stereocenters. The first kappa shape index (κ1) is 15.0. The zero-order valence-corrected chi connectivity index (χ0v) is 13.0. The summed E-state index contributed by atoms with van der Waals surface area (Å²) in [5, 5.41) is -0.107. The number of halogens is 3. The Hall–Kier alpha value is -1.39. The molecule has 0 bridgehead atoms. The molecule has 5 heteroatoms. The van der Waals surface area contributed by atoms with Gasteiger partial charge in [0, 0.05) is 4.47 Å². The second-order valence-electron chi connectivity index (χ2n) is 3.98. The molecular weight excluding hydrogens is 347 g/mol. The van der Waals surface area contributed by atoms with Crippen LogP contribution < -0.4 is 4.74 Å². The summed E-state index contributed by atoms with van der Waals surface area (Å²) in [6.07, 6.45) is 0. The number of carbonyl (C=O) groups is 1. The van der Waals surface area contributed by atoms with E-state index < -0.39 is 11.6 Å². The average molecular weight is 358 g/mol. The quantitative estimate of drug-likeness (QED) is 0.576. The van der Waals surface area contributed by atoms with Crippen molar-refractivity contribution in [3.05, 3.63) is 62.8 Å². The van der Waals surface area contributed by atoms with E-state index in [1.54, 1.807) is 30.3 Å². The van der Waals surface area contributed by atoms with E-state index in [0.717, 1.165) is 0 Å². The largest absolute Gasteiger partial charge is 0.493 e. The van der Waals surface area contributed by atoms with E-state index in [0.29, 0.717) is 22.4 Å². The molecule has 2 nitrogen and oxygen atoms in total. The minimum atomic E-state index is -0.739. The molecule has 20 heavy (non-hydrogen) atoms. The van der Waals surface area contributed by atoms with Crippen LogP contribution in [0, 0.1) is 5.82 Å². The summed E-state index contributed by atoms with van der Waals surface area (Å²) in [5.74, 6) is -0.767. The maximum Gasteiger partial charge on any atom is 0.199 e. The van der Waals surface area contributed by atoms with Gasteiger partial charge in [-0.3, -0.25) is 4.79 Å². The van der Waals surface area contributed by atoms with Crippen molar-refractivity contribution >= 4 is 33.3 Å². The second kappa shape index (κ2) is 6.37. The van der Waals surface area contributed by atoms with Crippen LogP contribution >= 0.6 is 27.5 Å². The van der Waals surface area contributed by atoms with Crippen LogP contribution in [0.1, 0.15) is 22.8 Å². The molecule has 0 N–H and O–H groups in total. The molecule has 2 aromatic rings. The molecule has 0 aliphatic rings. The fourth-order valence-corrected chi connectivity index (χ4v) is 2.25. The van der Waals surface area contributed by atoms with Gasteiger partial charge in [0.1, 0.15) is 5.75 Å². The standard InChI is InChI=1S/C15H11BrClFO2/c1-2-20-12-6-4-3-5-9(12)15(19)10-7-8-11(16)13(17)14(10)18/h3-8H,2H2,1H3. The minimum Gasteiger partial charge on any atom is -0.493 e. The topological polar surface area (TPSA) is 26.3 Å². The molecule has 0 saturated heterocycles. The number of para-hydroxylation sites is 1. The molecule has 0 aliphatic carbocycles. The van der Waals surface area contributed by atoms with E-state index in [1.165, 1.54) is 6.07 Å². The van der Waals surface area contributed by atoms with Gasteiger partial charge in [-0.15, -0.1) is 0 Å². The molecule has 0 saturated carbocycles. The maximum absolute atomic E-state index is 14.1. The van der Waals surface area contributed by atoms with Gasteiger partial charge in [-0.2, -0.15) is 0 Å². The maximum atomic E-state index is 14.1. The van der Waals surface area contributed by atoms with Gasteiger partial charge in [-0.25, -0.2) is 4.39 Å². The van der Waals surface area contributed by atoms with Crippen LogP contribution in [-0.2, 0) is 0 Å². The Balaban J connectivity index is 2.50. The molecule has 0 fully saturated rings. The SMILES string of the molecule is CCOc1ccccc1C(=O)c1ccc(Br)c(Cl)c1F. The molecular formula is C15H11BrClFO2. The number of ketones is 1. The summed E-state index contributed by atoms with van der Waals surface area (Å²) in [6, 6.07) is 9.68. The van der Waals surface area contributed by atoms with E-state index in [1.807, 2.05) is 6.92 Å². The summed E-state index contributed by atoms with van der Waals surface area (Å²) in [5.41, 5.74) is 0.233. The number of rotatable bonds is 4. The van der Waals surface area contributed by atoms with Crippen molar-refractivity contribution < 1.29 is 13.9 Å².